The highest BCUT2D eigenvalue weighted by molar-refractivity contribution is 6.31. The molecular weight excluding hydrogens is 548 g/mol. The number of halogens is 1. The Kier molecular flexibility index (Phi) is 8.69. The second kappa shape index (κ2) is 12.3. The Hall–Kier alpha value is -3.71. The molecule has 0 saturated heterocycles. The lowest BCUT2D eigenvalue weighted by Crippen LogP contribution is -2.31. The fourth-order valence-corrected chi connectivity index (χ4v) is 6.00. The highest BCUT2D eigenvalue weighted by Crippen LogP contribution is 2.43. The highest BCUT2D eigenvalue weighted by atomic mass is 35.5. The van der Waals surface area contributed by atoms with Gasteiger partial charge in [-0.3, -0.25) is 9.79 Å². The van der Waals surface area contributed by atoms with Crippen LogP contribution in [-0.2, 0) is 5.54 Å². The van der Waals surface area contributed by atoms with Crippen LogP contribution in [0.25, 0.3) is 10.8 Å². The van der Waals surface area contributed by atoms with Crippen molar-refractivity contribution >= 4 is 33.8 Å². The maximum atomic E-state index is 11.6. The van der Waals surface area contributed by atoms with Crippen LogP contribution in [-0.4, -0.2) is 27.6 Å². The Balaban J connectivity index is 1.59. The molecule has 4 aromatic rings. The Morgan fingerprint density at radius 2 is 1.81 bits per heavy atom. The van der Waals surface area contributed by atoms with Gasteiger partial charge >= 0.3 is 0 Å². The molecule has 0 N–H and O–H groups in total. The summed E-state index contributed by atoms with van der Waals surface area (Å²) in [6.45, 7) is 10.4. The average molecular weight is 587 g/mol. The van der Waals surface area contributed by atoms with Gasteiger partial charge in [0.05, 0.1) is 12.6 Å². The lowest BCUT2D eigenvalue weighted by Gasteiger charge is -2.27. The van der Waals surface area contributed by atoms with Crippen molar-refractivity contribution in [2.24, 2.45) is 4.99 Å². The fraction of sp³-hybridized carbons (Fsp3) is 0.412. The number of benzene rings is 3. The lowest BCUT2D eigenvalue weighted by molar-refractivity contribution is 0.227. The van der Waals surface area contributed by atoms with Crippen LogP contribution in [0.5, 0.6) is 11.5 Å². The Labute approximate surface area is 252 Å². The van der Waals surface area contributed by atoms with Gasteiger partial charge in [-0.15, -0.1) is 0 Å². The normalized spacial score (nSPS) is 15.1. The van der Waals surface area contributed by atoms with Gasteiger partial charge in [0.1, 0.15) is 35.8 Å². The van der Waals surface area contributed by atoms with Gasteiger partial charge in [-0.2, -0.15) is 10.1 Å². The molecule has 0 aliphatic heterocycles. The van der Waals surface area contributed by atoms with E-state index in [1.54, 1.807) is 11.8 Å². The molecule has 220 valence electrons. The first-order chi connectivity index (χ1) is 20.1. The van der Waals surface area contributed by atoms with Gasteiger partial charge in [0.25, 0.3) is 5.56 Å². The summed E-state index contributed by atoms with van der Waals surface area (Å²) in [5.41, 5.74) is 4.09. The van der Waals surface area contributed by atoms with Crippen molar-refractivity contribution in [1.82, 2.24) is 14.8 Å². The van der Waals surface area contributed by atoms with Gasteiger partial charge in [0.2, 0.25) is 0 Å². The first-order valence-corrected chi connectivity index (χ1v) is 15.1. The van der Waals surface area contributed by atoms with Crippen LogP contribution in [0.2, 0.25) is 5.02 Å². The van der Waals surface area contributed by atoms with E-state index in [2.05, 4.69) is 62.0 Å². The van der Waals surface area contributed by atoms with Crippen LogP contribution in [0.3, 0.4) is 0 Å². The van der Waals surface area contributed by atoms with Crippen LogP contribution < -0.4 is 15.0 Å². The van der Waals surface area contributed by atoms with Crippen molar-refractivity contribution < 1.29 is 9.47 Å². The second-order valence-corrected chi connectivity index (χ2v) is 12.1. The van der Waals surface area contributed by atoms with Gasteiger partial charge in [0.15, 0.2) is 0 Å². The molecule has 1 saturated carbocycles. The minimum absolute atomic E-state index is 0.285. The maximum Gasteiger partial charge on any atom is 0.291 e. The quantitative estimate of drug-likeness (QED) is 0.196. The fourth-order valence-electron chi connectivity index (χ4n) is 5.59. The third-order valence-electron chi connectivity index (χ3n) is 8.48. The molecule has 2 unspecified atom stereocenters. The number of hydrogen-bond acceptors (Lipinski definition) is 6. The molecular formula is C34H39ClN4O3. The van der Waals surface area contributed by atoms with Gasteiger partial charge in [-0.1, -0.05) is 43.6 Å². The molecule has 7 nitrogen and oxygen atoms in total. The van der Waals surface area contributed by atoms with Gasteiger partial charge < -0.3 is 9.47 Å². The molecule has 1 aliphatic rings. The Morgan fingerprint density at radius 1 is 1.07 bits per heavy atom. The third kappa shape index (κ3) is 5.93. The molecule has 1 heterocycles. The highest BCUT2D eigenvalue weighted by Gasteiger charge is 2.25. The second-order valence-electron chi connectivity index (χ2n) is 11.7. The molecule has 1 fully saturated rings. The molecule has 3 aromatic carbocycles. The minimum Gasteiger partial charge on any atom is -0.496 e. The number of methoxy groups -OCH3 is 1. The molecule has 1 aromatic heterocycles. The topological polar surface area (TPSA) is 78.6 Å². The van der Waals surface area contributed by atoms with Crippen LogP contribution in [0.15, 0.2) is 64.8 Å². The van der Waals surface area contributed by atoms with E-state index in [0.29, 0.717) is 10.8 Å². The zero-order valence-corrected chi connectivity index (χ0v) is 26.0. The molecule has 0 bridgehead atoms. The van der Waals surface area contributed by atoms with Crippen molar-refractivity contribution in [2.75, 3.05) is 7.11 Å². The van der Waals surface area contributed by atoms with Crippen LogP contribution >= 0.6 is 11.6 Å². The maximum absolute atomic E-state index is 11.6. The van der Waals surface area contributed by atoms with E-state index in [0.717, 1.165) is 71.0 Å². The molecule has 42 heavy (non-hydrogen) atoms. The van der Waals surface area contributed by atoms with E-state index in [4.69, 9.17) is 26.1 Å². The monoisotopic (exact) mass is 586 g/mol. The molecule has 2 atom stereocenters. The predicted molar refractivity (Wildman–Crippen MR) is 170 cm³/mol. The summed E-state index contributed by atoms with van der Waals surface area (Å²) in [6.07, 6.45) is 7.69. The van der Waals surface area contributed by atoms with E-state index in [1.165, 1.54) is 18.2 Å². The molecule has 0 radical (unpaired) electrons. The first kappa shape index (κ1) is 29.8. The summed E-state index contributed by atoms with van der Waals surface area (Å²) < 4.78 is 14.1. The van der Waals surface area contributed by atoms with Crippen molar-refractivity contribution in [1.29, 1.82) is 0 Å². The number of ether oxygens (including phenoxy) is 2. The number of aromatic nitrogens is 3. The Bertz CT molecular complexity index is 1670. The molecule has 0 spiro atoms. The zero-order chi connectivity index (χ0) is 30.0. The van der Waals surface area contributed by atoms with E-state index in [-0.39, 0.29) is 17.6 Å². The molecule has 1 aliphatic carbocycles. The van der Waals surface area contributed by atoms with E-state index in [9.17, 15) is 4.79 Å². The van der Waals surface area contributed by atoms with Gasteiger partial charge in [-0.25, -0.2) is 4.68 Å². The average Bonchev–Trinajstić information content (AvgIpc) is 3.50. The summed E-state index contributed by atoms with van der Waals surface area (Å²) in [5, 5.41) is 7.08. The van der Waals surface area contributed by atoms with Crippen molar-refractivity contribution in [2.45, 2.75) is 84.3 Å². The minimum atomic E-state index is -0.554. The zero-order valence-electron chi connectivity index (χ0n) is 25.3. The molecule has 8 heteroatoms. The predicted octanol–water partition coefficient (Wildman–Crippen LogP) is 8.54. The van der Waals surface area contributed by atoms with Crippen molar-refractivity contribution in [3.05, 3.63) is 87.1 Å². The number of hydrogen-bond donors (Lipinski definition) is 0. The van der Waals surface area contributed by atoms with E-state index >= 15 is 0 Å². The summed E-state index contributed by atoms with van der Waals surface area (Å²) in [4.78, 5) is 20.7. The van der Waals surface area contributed by atoms with E-state index < -0.39 is 5.54 Å². The summed E-state index contributed by atoms with van der Waals surface area (Å²) >= 11 is 6.79. The Morgan fingerprint density at radius 3 is 2.48 bits per heavy atom. The summed E-state index contributed by atoms with van der Waals surface area (Å²) in [7, 11) is 1.68. The van der Waals surface area contributed by atoms with Crippen LogP contribution in [0, 0.1) is 0 Å². The van der Waals surface area contributed by atoms with Gasteiger partial charge in [-0.05, 0) is 99.6 Å². The van der Waals surface area contributed by atoms with Crippen LogP contribution in [0.1, 0.15) is 95.4 Å². The summed E-state index contributed by atoms with van der Waals surface area (Å²) in [5.74, 6) is 1.78. The molecule has 5 rings (SSSR count). The number of fused-ring (bicyclic) bond motifs is 1. The van der Waals surface area contributed by atoms with E-state index in [1.807, 2.05) is 25.1 Å². The van der Waals surface area contributed by atoms with Crippen molar-refractivity contribution in [3.8, 4) is 11.5 Å². The first-order valence-electron chi connectivity index (χ1n) is 14.7. The molecule has 0 amide bonds. The smallest absolute Gasteiger partial charge is 0.291 e. The van der Waals surface area contributed by atoms with Crippen LogP contribution in [0.4, 0.5) is 5.69 Å². The van der Waals surface area contributed by atoms with Crippen molar-refractivity contribution in [3.63, 3.8) is 0 Å². The number of nitrogens with zero attached hydrogens (tertiary/aromatic N) is 4. The lowest BCUT2D eigenvalue weighted by atomic mass is 9.91. The van der Waals surface area contributed by atoms with Gasteiger partial charge in [0, 0.05) is 21.7 Å². The number of rotatable bonds is 9. The summed E-state index contributed by atoms with van der Waals surface area (Å²) in [6, 6.07) is 14.5. The third-order valence-corrected chi connectivity index (χ3v) is 8.80. The standard InChI is InChI=1S/C34H39ClN4O3/c1-7-21(2)32-28(35)16-24(17-30(32)41-6)22(3)42-29-15-13-23-12-14-25(34(4,5)39-20-36-31(40)19-37-39)18-27(23)33(29)38-26-10-8-9-11-26/h12-22H,7-11H2,1-6H3. The number of aliphatic imine (C=N–C) groups is 1. The largest absolute Gasteiger partial charge is 0.496 e. The SMILES string of the molecule is CCC(C)c1c(Cl)cc(C(C)Oc2ccc3ccc(C(C)(C)n4cnc(=O)cn4)cc3c2N=C2CCCC2)cc1OC.